The minimum atomic E-state index is -4.04. The number of rotatable bonds is 7. The Hall–Kier alpha value is -3.16. The molecule has 6 nitrogen and oxygen atoms in total. The van der Waals surface area contributed by atoms with Crippen molar-refractivity contribution in [2.24, 2.45) is 5.10 Å². The smallest absolute Gasteiger partial charge is 0.264 e. The topological polar surface area (TPSA) is 78.8 Å². The van der Waals surface area contributed by atoms with Crippen molar-refractivity contribution in [3.63, 3.8) is 0 Å². The Morgan fingerprint density at radius 2 is 1.52 bits per heavy atom. The van der Waals surface area contributed by atoms with E-state index in [1.807, 2.05) is 38.1 Å². The second-order valence-electron chi connectivity index (χ2n) is 7.85. The molecule has 0 spiro atoms. The van der Waals surface area contributed by atoms with Crippen molar-refractivity contribution in [2.45, 2.75) is 32.6 Å². The molecule has 1 N–H and O–H groups in total. The molecule has 0 atom stereocenters. The summed E-state index contributed by atoms with van der Waals surface area (Å²) in [5, 5.41) is 4.52. The fourth-order valence-corrected chi connectivity index (χ4v) is 4.80. The summed E-state index contributed by atoms with van der Waals surface area (Å²) in [6.45, 7) is 6.94. The zero-order chi connectivity index (χ0) is 24.2. The Balaban J connectivity index is 1.92. The highest BCUT2D eigenvalue weighted by atomic mass is 35.5. The lowest BCUT2D eigenvalue weighted by atomic mass is 10.1. The largest absolute Gasteiger partial charge is 0.271 e. The van der Waals surface area contributed by atoms with E-state index in [0.717, 1.165) is 21.0 Å². The van der Waals surface area contributed by atoms with Gasteiger partial charge in [-0.2, -0.15) is 5.10 Å². The van der Waals surface area contributed by atoms with Crippen LogP contribution in [-0.4, -0.2) is 26.6 Å². The molecule has 0 saturated heterocycles. The second kappa shape index (κ2) is 10.2. The number of nitrogens with one attached hydrogen (secondary N) is 1. The maximum Gasteiger partial charge on any atom is 0.264 e. The third kappa shape index (κ3) is 6.00. The van der Waals surface area contributed by atoms with Crippen molar-refractivity contribution in [3.05, 3.63) is 94.0 Å². The molecule has 33 heavy (non-hydrogen) atoms. The zero-order valence-electron chi connectivity index (χ0n) is 19.0. The van der Waals surface area contributed by atoms with Crippen molar-refractivity contribution in [1.82, 2.24) is 5.43 Å². The van der Waals surface area contributed by atoms with E-state index < -0.39 is 22.5 Å². The van der Waals surface area contributed by atoms with E-state index in [4.69, 9.17) is 11.6 Å². The molecule has 172 valence electrons. The molecule has 3 rings (SSSR count). The van der Waals surface area contributed by atoms with Gasteiger partial charge in [-0.05, 0) is 63.1 Å². The van der Waals surface area contributed by atoms with Gasteiger partial charge in [0.25, 0.3) is 15.9 Å². The van der Waals surface area contributed by atoms with Gasteiger partial charge in [-0.3, -0.25) is 9.10 Å². The molecule has 0 aromatic heterocycles. The van der Waals surface area contributed by atoms with Crippen LogP contribution in [0.4, 0.5) is 5.69 Å². The Kier molecular flexibility index (Phi) is 7.56. The fraction of sp³-hybridized carbons (Fsp3) is 0.200. The Morgan fingerprint density at radius 3 is 2.12 bits per heavy atom. The number of carbonyl (C=O) groups is 1. The summed E-state index contributed by atoms with van der Waals surface area (Å²) in [6, 6.07) is 19.1. The lowest BCUT2D eigenvalue weighted by Crippen LogP contribution is -2.40. The van der Waals surface area contributed by atoms with Crippen LogP contribution in [0.2, 0.25) is 5.02 Å². The summed E-state index contributed by atoms with van der Waals surface area (Å²) >= 11 is 6.15. The highest BCUT2D eigenvalue weighted by Gasteiger charge is 2.28. The first-order chi connectivity index (χ1) is 15.6. The van der Waals surface area contributed by atoms with Crippen LogP contribution in [-0.2, 0) is 14.8 Å². The highest BCUT2D eigenvalue weighted by Crippen LogP contribution is 2.29. The molecule has 0 saturated carbocycles. The third-order valence-corrected chi connectivity index (χ3v) is 7.16. The molecular weight excluding hydrogens is 458 g/mol. The first kappa shape index (κ1) is 24.5. The van der Waals surface area contributed by atoms with Gasteiger partial charge in [0.2, 0.25) is 0 Å². The van der Waals surface area contributed by atoms with E-state index in [-0.39, 0.29) is 4.90 Å². The summed E-state index contributed by atoms with van der Waals surface area (Å²) in [5.41, 5.74) is 6.98. The number of hydrazone groups is 1. The van der Waals surface area contributed by atoms with Crippen LogP contribution in [0, 0.1) is 20.8 Å². The van der Waals surface area contributed by atoms with Crippen molar-refractivity contribution in [1.29, 1.82) is 0 Å². The lowest BCUT2D eigenvalue weighted by molar-refractivity contribution is -0.119. The van der Waals surface area contributed by atoms with Crippen molar-refractivity contribution in [3.8, 4) is 0 Å². The molecule has 0 aliphatic carbocycles. The summed E-state index contributed by atoms with van der Waals surface area (Å²) in [5.74, 6) is -0.573. The minimum Gasteiger partial charge on any atom is -0.271 e. The number of carbonyl (C=O) groups excluding carboxylic acids is 1. The van der Waals surface area contributed by atoms with Gasteiger partial charge in [-0.15, -0.1) is 0 Å². The average molecular weight is 484 g/mol. The van der Waals surface area contributed by atoms with Gasteiger partial charge in [0.05, 0.1) is 16.3 Å². The summed E-state index contributed by atoms with van der Waals surface area (Å²) in [6.07, 6.45) is 0. The molecule has 0 aliphatic heterocycles. The monoisotopic (exact) mass is 483 g/mol. The molecule has 3 aromatic rings. The molecule has 0 fully saturated rings. The van der Waals surface area contributed by atoms with Crippen molar-refractivity contribution < 1.29 is 13.2 Å². The number of aryl methyl sites for hydroxylation is 3. The standard InChI is InChI=1S/C25H26ClN3O3S/c1-17-5-10-21(11-6-17)20(4)27-28-25(30)16-29(24-15-22(26)12-9-19(24)3)33(31,32)23-13-7-18(2)8-14-23/h5-15H,16H2,1-4H3,(H,28,30)/b27-20-. The minimum absolute atomic E-state index is 0.0830. The number of anilines is 1. The Labute approximate surface area is 200 Å². The predicted molar refractivity (Wildman–Crippen MR) is 133 cm³/mol. The maximum absolute atomic E-state index is 13.5. The number of nitrogens with zero attached hydrogens (tertiary/aromatic N) is 2. The molecule has 0 radical (unpaired) electrons. The van der Waals surface area contributed by atoms with E-state index in [9.17, 15) is 13.2 Å². The van der Waals surface area contributed by atoms with Gasteiger partial charge >= 0.3 is 0 Å². The number of hydrogen-bond acceptors (Lipinski definition) is 4. The normalized spacial score (nSPS) is 11.8. The van der Waals surface area contributed by atoms with Crippen LogP contribution in [0.5, 0.6) is 0 Å². The second-order valence-corrected chi connectivity index (χ2v) is 10.2. The van der Waals surface area contributed by atoms with Crippen LogP contribution < -0.4 is 9.73 Å². The number of hydrogen-bond donors (Lipinski definition) is 1. The first-order valence-corrected chi connectivity index (χ1v) is 12.2. The van der Waals surface area contributed by atoms with Crippen LogP contribution in [0.15, 0.2) is 76.7 Å². The quantitative estimate of drug-likeness (QED) is 0.379. The van der Waals surface area contributed by atoms with Crippen LogP contribution >= 0.6 is 11.6 Å². The van der Waals surface area contributed by atoms with E-state index in [0.29, 0.717) is 22.0 Å². The van der Waals surface area contributed by atoms with E-state index in [2.05, 4.69) is 10.5 Å². The molecule has 1 amide bonds. The number of amides is 1. The third-order valence-electron chi connectivity index (χ3n) is 5.15. The highest BCUT2D eigenvalue weighted by molar-refractivity contribution is 7.92. The van der Waals surface area contributed by atoms with E-state index in [1.54, 1.807) is 38.1 Å². The number of benzene rings is 3. The average Bonchev–Trinajstić information content (AvgIpc) is 2.78. The molecule has 8 heteroatoms. The lowest BCUT2D eigenvalue weighted by Gasteiger charge is -2.25. The number of sulfonamides is 1. The van der Waals surface area contributed by atoms with Crippen LogP contribution in [0.1, 0.15) is 29.2 Å². The van der Waals surface area contributed by atoms with Crippen LogP contribution in [0.3, 0.4) is 0 Å². The number of halogens is 1. The molecular formula is C25H26ClN3O3S. The fourth-order valence-electron chi connectivity index (χ4n) is 3.16. The predicted octanol–water partition coefficient (Wildman–Crippen LogP) is 5.00. The molecule has 0 bridgehead atoms. The van der Waals surface area contributed by atoms with Gasteiger partial charge in [0.1, 0.15) is 6.54 Å². The van der Waals surface area contributed by atoms with Crippen molar-refractivity contribution in [2.75, 3.05) is 10.8 Å². The summed E-state index contributed by atoms with van der Waals surface area (Å²) in [7, 11) is -4.04. The van der Waals surface area contributed by atoms with Crippen LogP contribution in [0.25, 0.3) is 0 Å². The summed E-state index contributed by atoms with van der Waals surface area (Å²) in [4.78, 5) is 12.9. The van der Waals surface area contributed by atoms with E-state index in [1.165, 1.54) is 18.2 Å². The first-order valence-electron chi connectivity index (χ1n) is 10.3. The van der Waals surface area contributed by atoms with Gasteiger partial charge in [0, 0.05) is 5.02 Å². The van der Waals surface area contributed by atoms with Crippen molar-refractivity contribution >= 4 is 38.9 Å². The van der Waals surface area contributed by atoms with Gasteiger partial charge in [-0.1, -0.05) is 65.2 Å². The Morgan fingerprint density at radius 1 is 0.939 bits per heavy atom. The molecule has 3 aromatic carbocycles. The molecule has 0 unspecified atom stereocenters. The van der Waals surface area contributed by atoms with E-state index >= 15 is 0 Å². The Bertz CT molecular complexity index is 1290. The summed E-state index contributed by atoms with van der Waals surface area (Å²) < 4.78 is 28.1. The maximum atomic E-state index is 13.5. The zero-order valence-corrected chi connectivity index (χ0v) is 20.5. The molecule has 0 heterocycles. The van der Waals surface area contributed by atoms with Gasteiger partial charge < -0.3 is 0 Å². The van der Waals surface area contributed by atoms with Gasteiger partial charge in [-0.25, -0.2) is 13.8 Å². The SMILES string of the molecule is C/C(=N/NC(=O)CN(c1cc(Cl)ccc1C)S(=O)(=O)c1ccc(C)cc1)c1ccc(C)cc1. The van der Waals surface area contributed by atoms with Gasteiger partial charge in [0.15, 0.2) is 0 Å². The molecule has 0 aliphatic rings.